The number of anilines is 3. The molecule has 6 heteroatoms. The minimum Gasteiger partial charge on any atom is -0.395 e. The molecule has 0 saturated heterocycles. The van der Waals surface area contributed by atoms with Crippen LogP contribution in [0.5, 0.6) is 0 Å². The Hall–Kier alpha value is -1.82. The summed E-state index contributed by atoms with van der Waals surface area (Å²) in [6.07, 6.45) is 2.86. The summed E-state index contributed by atoms with van der Waals surface area (Å²) in [6, 6.07) is 0. The Bertz CT molecular complexity index is 315. The highest BCUT2D eigenvalue weighted by molar-refractivity contribution is 5.74. The maximum absolute atomic E-state index is 8.61. The van der Waals surface area contributed by atoms with E-state index in [1.165, 1.54) is 12.5 Å². The lowest BCUT2D eigenvalue weighted by molar-refractivity contribution is 0.311. The topological polar surface area (TPSA) is 96.1 Å². The number of aromatic nitrogens is 2. The van der Waals surface area contributed by atoms with Crippen molar-refractivity contribution in [1.29, 1.82) is 0 Å². The van der Waals surface area contributed by atoms with E-state index in [0.717, 1.165) is 0 Å². The van der Waals surface area contributed by atoms with Crippen LogP contribution in [0, 0.1) is 0 Å². The van der Waals surface area contributed by atoms with Crippen LogP contribution in [0.4, 0.5) is 17.3 Å². The summed E-state index contributed by atoms with van der Waals surface area (Å²) in [5.41, 5.74) is 6.13. The minimum absolute atomic E-state index is 0.0215. The zero-order valence-electron chi connectivity index (χ0n) is 7.70. The molecular formula is C8H13N5O. The first-order chi connectivity index (χ1) is 6.79. The summed E-state index contributed by atoms with van der Waals surface area (Å²) in [4.78, 5) is 7.84. The molecule has 0 unspecified atom stereocenters. The Labute approximate surface area is 81.9 Å². The SMILES string of the molecule is C=CNc1ncnc(NCCO)c1N. The van der Waals surface area contributed by atoms with Gasteiger partial charge in [-0.1, -0.05) is 6.58 Å². The van der Waals surface area contributed by atoms with Gasteiger partial charge in [0.2, 0.25) is 0 Å². The highest BCUT2D eigenvalue weighted by atomic mass is 16.3. The summed E-state index contributed by atoms with van der Waals surface area (Å²) in [6.45, 7) is 3.92. The predicted molar refractivity (Wildman–Crippen MR) is 55.8 cm³/mol. The van der Waals surface area contributed by atoms with Crippen LogP contribution in [-0.2, 0) is 0 Å². The molecule has 1 heterocycles. The highest BCUT2D eigenvalue weighted by Gasteiger charge is 2.05. The van der Waals surface area contributed by atoms with E-state index in [0.29, 0.717) is 23.9 Å². The van der Waals surface area contributed by atoms with Crippen molar-refractivity contribution in [3.05, 3.63) is 19.1 Å². The molecule has 0 saturated carbocycles. The second-order valence-corrected chi connectivity index (χ2v) is 2.48. The fourth-order valence-corrected chi connectivity index (χ4v) is 0.922. The van der Waals surface area contributed by atoms with E-state index in [-0.39, 0.29) is 6.61 Å². The minimum atomic E-state index is 0.0215. The molecule has 0 aliphatic heterocycles. The molecule has 0 aromatic carbocycles. The zero-order chi connectivity index (χ0) is 10.4. The predicted octanol–water partition coefficient (Wildman–Crippen LogP) is 0.0184. The molecule has 0 atom stereocenters. The van der Waals surface area contributed by atoms with Crippen LogP contribution in [0.25, 0.3) is 0 Å². The van der Waals surface area contributed by atoms with Crippen molar-refractivity contribution < 1.29 is 5.11 Å². The monoisotopic (exact) mass is 195 g/mol. The van der Waals surface area contributed by atoms with Crippen LogP contribution in [0.2, 0.25) is 0 Å². The van der Waals surface area contributed by atoms with Crippen molar-refractivity contribution in [2.75, 3.05) is 29.5 Å². The molecule has 76 valence electrons. The van der Waals surface area contributed by atoms with Gasteiger partial charge in [-0.15, -0.1) is 0 Å². The number of hydrogen-bond acceptors (Lipinski definition) is 6. The first-order valence-corrected chi connectivity index (χ1v) is 4.12. The van der Waals surface area contributed by atoms with Gasteiger partial charge >= 0.3 is 0 Å². The van der Waals surface area contributed by atoms with E-state index in [9.17, 15) is 0 Å². The van der Waals surface area contributed by atoms with Gasteiger partial charge in [0, 0.05) is 6.54 Å². The highest BCUT2D eigenvalue weighted by Crippen LogP contribution is 2.21. The van der Waals surface area contributed by atoms with Crippen molar-refractivity contribution in [1.82, 2.24) is 9.97 Å². The molecule has 0 spiro atoms. The summed E-state index contributed by atoms with van der Waals surface area (Å²) < 4.78 is 0. The van der Waals surface area contributed by atoms with E-state index in [4.69, 9.17) is 10.8 Å². The third kappa shape index (κ3) is 2.33. The van der Waals surface area contributed by atoms with Crippen molar-refractivity contribution in [3.8, 4) is 0 Å². The average molecular weight is 195 g/mol. The third-order valence-electron chi connectivity index (χ3n) is 1.53. The molecule has 1 rings (SSSR count). The standard InChI is InChI=1S/C8H13N5O/c1-2-10-7-6(9)8(11-3-4-14)13-5-12-7/h2,5,14H,1,3-4,9H2,(H2,10,11,12,13). The Morgan fingerprint density at radius 3 is 2.86 bits per heavy atom. The van der Waals surface area contributed by atoms with Crippen LogP contribution < -0.4 is 16.4 Å². The smallest absolute Gasteiger partial charge is 0.158 e. The molecule has 0 bridgehead atoms. The first-order valence-electron chi connectivity index (χ1n) is 4.12. The lowest BCUT2D eigenvalue weighted by Crippen LogP contribution is -2.10. The van der Waals surface area contributed by atoms with Crippen LogP contribution in [0.15, 0.2) is 19.1 Å². The van der Waals surface area contributed by atoms with E-state index < -0.39 is 0 Å². The number of aliphatic hydroxyl groups excluding tert-OH is 1. The van der Waals surface area contributed by atoms with Crippen LogP contribution >= 0.6 is 0 Å². The fourth-order valence-electron chi connectivity index (χ4n) is 0.922. The molecule has 0 fully saturated rings. The maximum Gasteiger partial charge on any atom is 0.158 e. The summed E-state index contributed by atoms with van der Waals surface area (Å²) in [5, 5.41) is 14.3. The van der Waals surface area contributed by atoms with Crippen molar-refractivity contribution in [2.45, 2.75) is 0 Å². The van der Waals surface area contributed by atoms with Crippen molar-refractivity contribution in [2.24, 2.45) is 0 Å². The van der Waals surface area contributed by atoms with Gasteiger partial charge in [-0.3, -0.25) is 0 Å². The number of nitrogens with zero attached hydrogens (tertiary/aromatic N) is 2. The molecule has 1 aromatic rings. The molecule has 0 radical (unpaired) electrons. The Kier molecular flexibility index (Phi) is 3.69. The molecule has 14 heavy (non-hydrogen) atoms. The van der Waals surface area contributed by atoms with Crippen molar-refractivity contribution >= 4 is 17.3 Å². The Morgan fingerprint density at radius 1 is 1.50 bits per heavy atom. The fraction of sp³-hybridized carbons (Fsp3) is 0.250. The number of nitrogens with one attached hydrogen (secondary N) is 2. The lowest BCUT2D eigenvalue weighted by atomic mass is 10.4. The Balaban J connectivity index is 2.83. The van der Waals surface area contributed by atoms with Gasteiger partial charge in [0.15, 0.2) is 11.6 Å². The molecule has 6 nitrogen and oxygen atoms in total. The number of hydrogen-bond donors (Lipinski definition) is 4. The first kappa shape index (κ1) is 10.3. The Morgan fingerprint density at radius 2 is 2.21 bits per heavy atom. The average Bonchev–Trinajstić information content (AvgIpc) is 2.20. The third-order valence-corrected chi connectivity index (χ3v) is 1.53. The summed E-state index contributed by atoms with van der Waals surface area (Å²) in [5.74, 6) is 0.994. The van der Waals surface area contributed by atoms with Gasteiger partial charge in [-0.2, -0.15) is 0 Å². The second kappa shape index (κ2) is 5.03. The van der Waals surface area contributed by atoms with Gasteiger partial charge in [-0.25, -0.2) is 9.97 Å². The second-order valence-electron chi connectivity index (χ2n) is 2.48. The lowest BCUT2D eigenvalue weighted by Gasteiger charge is -2.09. The zero-order valence-corrected chi connectivity index (χ0v) is 7.70. The normalized spacial score (nSPS) is 9.50. The maximum atomic E-state index is 8.61. The molecule has 0 amide bonds. The van der Waals surface area contributed by atoms with Crippen LogP contribution in [-0.4, -0.2) is 28.2 Å². The summed E-state index contributed by atoms with van der Waals surface area (Å²) >= 11 is 0. The number of nitrogen functional groups attached to an aromatic ring is 1. The molecule has 0 aliphatic carbocycles. The van der Waals surface area contributed by atoms with E-state index in [1.807, 2.05) is 0 Å². The van der Waals surface area contributed by atoms with Gasteiger partial charge in [0.1, 0.15) is 12.0 Å². The number of rotatable bonds is 5. The molecule has 0 aliphatic rings. The van der Waals surface area contributed by atoms with E-state index >= 15 is 0 Å². The van der Waals surface area contributed by atoms with Crippen molar-refractivity contribution in [3.63, 3.8) is 0 Å². The molecule has 1 aromatic heterocycles. The summed E-state index contributed by atoms with van der Waals surface area (Å²) in [7, 11) is 0. The molecular weight excluding hydrogens is 182 g/mol. The quantitative estimate of drug-likeness (QED) is 0.529. The van der Waals surface area contributed by atoms with Crippen LogP contribution in [0.3, 0.4) is 0 Å². The van der Waals surface area contributed by atoms with Gasteiger partial charge in [-0.05, 0) is 6.20 Å². The van der Waals surface area contributed by atoms with E-state index in [1.54, 1.807) is 0 Å². The van der Waals surface area contributed by atoms with Gasteiger partial charge < -0.3 is 21.5 Å². The van der Waals surface area contributed by atoms with Gasteiger partial charge in [0.05, 0.1) is 6.61 Å². The number of aliphatic hydroxyl groups is 1. The molecule has 5 N–H and O–H groups in total. The van der Waals surface area contributed by atoms with E-state index in [2.05, 4.69) is 27.2 Å². The number of nitrogens with two attached hydrogens (primary N) is 1. The van der Waals surface area contributed by atoms with Crippen LogP contribution in [0.1, 0.15) is 0 Å². The van der Waals surface area contributed by atoms with Gasteiger partial charge in [0.25, 0.3) is 0 Å². The largest absolute Gasteiger partial charge is 0.395 e.